The van der Waals surface area contributed by atoms with Crippen molar-refractivity contribution in [1.82, 2.24) is 19.7 Å². The van der Waals surface area contributed by atoms with Crippen LogP contribution in [0.2, 0.25) is 10.0 Å². The van der Waals surface area contributed by atoms with Crippen LogP contribution >= 0.6 is 35.0 Å². The Bertz CT molecular complexity index is 878. The number of rotatable bonds is 5. The molecule has 0 spiro atoms. The van der Waals surface area contributed by atoms with Crippen LogP contribution in [0.4, 0.5) is 0 Å². The first-order chi connectivity index (χ1) is 11.6. The highest BCUT2D eigenvalue weighted by atomic mass is 35.5. The van der Waals surface area contributed by atoms with Crippen LogP contribution in [0, 0.1) is 0 Å². The summed E-state index contributed by atoms with van der Waals surface area (Å²) in [5, 5.41) is 10.4. The molecule has 0 saturated heterocycles. The van der Waals surface area contributed by atoms with Gasteiger partial charge in [0.15, 0.2) is 11.0 Å². The summed E-state index contributed by atoms with van der Waals surface area (Å²) in [4.78, 5) is 4.05. The molecule has 2 aromatic heterocycles. The van der Waals surface area contributed by atoms with Crippen molar-refractivity contribution in [1.29, 1.82) is 0 Å². The summed E-state index contributed by atoms with van der Waals surface area (Å²) in [6.07, 6.45) is 3.45. The summed E-state index contributed by atoms with van der Waals surface area (Å²) in [6.45, 7) is 5.92. The molecule has 0 aliphatic heterocycles. The molecule has 3 rings (SSSR count). The summed E-state index contributed by atoms with van der Waals surface area (Å²) in [5.74, 6) is 1.48. The highest BCUT2D eigenvalue weighted by molar-refractivity contribution is 7.99. The third kappa shape index (κ3) is 3.64. The molecule has 0 atom stereocenters. The third-order valence-electron chi connectivity index (χ3n) is 3.18. The summed E-state index contributed by atoms with van der Waals surface area (Å²) >= 11 is 13.8. The molecule has 0 saturated carbocycles. The molecule has 0 N–H and O–H groups in total. The molecule has 0 fully saturated rings. The Kier molecular flexibility index (Phi) is 5.23. The Labute approximate surface area is 154 Å². The second-order valence-electron chi connectivity index (χ2n) is 5.22. The Hall–Kier alpha value is -1.82. The molecule has 24 heavy (non-hydrogen) atoms. The van der Waals surface area contributed by atoms with E-state index in [1.165, 1.54) is 0 Å². The minimum absolute atomic E-state index is 0.486. The van der Waals surface area contributed by atoms with E-state index in [9.17, 15) is 0 Å². The highest BCUT2D eigenvalue weighted by Crippen LogP contribution is 2.31. The van der Waals surface area contributed by atoms with Gasteiger partial charge in [-0.15, -0.1) is 10.2 Å². The van der Waals surface area contributed by atoms with Crippen LogP contribution in [0.15, 0.2) is 60.0 Å². The van der Waals surface area contributed by atoms with Gasteiger partial charge in [0.05, 0.1) is 15.7 Å². The van der Waals surface area contributed by atoms with E-state index in [0.29, 0.717) is 10.0 Å². The molecule has 3 aromatic rings. The first-order valence-corrected chi connectivity index (χ1v) is 8.89. The van der Waals surface area contributed by atoms with Gasteiger partial charge in [0, 0.05) is 23.7 Å². The molecule has 1 aromatic carbocycles. The normalized spacial score (nSPS) is 10.8. The predicted molar refractivity (Wildman–Crippen MR) is 100 cm³/mol. The minimum Gasteiger partial charge on any atom is -0.270 e. The van der Waals surface area contributed by atoms with E-state index in [4.69, 9.17) is 23.2 Å². The van der Waals surface area contributed by atoms with Gasteiger partial charge in [0.1, 0.15) is 0 Å². The van der Waals surface area contributed by atoms with Crippen LogP contribution in [0.25, 0.3) is 17.1 Å². The highest BCUT2D eigenvalue weighted by Gasteiger charge is 2.17. The van der Waals surface area contributed by atoms with Gasteiger partial charge in [-0.05, 0) is 37.3 Å². The second kappa shape index (κ2) is 7.38. The minimum atomic E-state index is 0.486. The fourth-order valence-electron chi connectivity index (χ4n) is 2.10. The average Bonchev–Trinajstić information content (AvgIpc) is 3.00. The van der Waals surface area contributed by atoms with Crippen LogP contribution in [0.3, 0.4) is 0 Å². The molecule has 0 aliphatic rings. The van der Waals surface area contributed by atoms with E-state index in [1.54, 1.807) is 30.2 Å². The summed E-state index contributed by atoms with van der Waals surface area (Å²) < 4.78 is 1.96. The maximum atomic E-state index is 6.19. The summed E-state index contributed by atoms with van der Waals surface area (Å²) in [5.41, 5.74) is 2.84. The van der Waals surface area contributed by atoms with E-state index >= 15 is 0 Å². The summed E-state index contributed by atoms with van der Waals surface area (Å²) in [6, 6.07) is 9.26. The molecule has 4 nitrogen and oxygen atoms in total. The van der Waals surface area contributed by atoms with E-state index in [2.05, 4.69) is 21.8 Å². The molecule has 0 amide bonds. The average molecular weight is 377 g/mol. The molecule has 7 heteroatoms. The zero-order valence-electron chi connectivity index (χ0n) is 12.9. The standard InChI is InChI=1S/C17H14Cl2N4S/c1-11(2)10-24-17-22-21-16(12-5-7-20-8-6-12)23(17)13-3-4-14(18)15(19)9-13/h3-9H,1,10H2,2H3. The van der Waals surface area contributed by atoms with Crippen molar-refractivity contribution in [3.05, 3.63) is 64.9 Å². The number of benzene rings is 1. The van der Waals surface area contributed by atoms with E-state index in [-0.39, 0.29) is 0 Å². The van der Waals surface area contributed by atoms with Crippen LogP contribution in [0.5, 0.6) is 0 Å². The lowest BCUT2D eigenvalue weighted by Gasteiger charge is -2.11. The van der Waals surface area contributed by atoms with Crippen LogP contribution < -0.4 is 0 Å². The van der Waals surface area contributed by atoms with E-state index in [1.807, 2.05) is 35.8 Å². The molecule has 2 heterocycles. The SMILES string of the molecule is C=C(C)CSc1nnc(-c2ccncc2)n1-c1ccc(Cl)c(Cl)c1. The summed E-state index contributed by atoms with van der Waals surface area (Å²) in [7, 11) is 0. The number of pyridine rings is 1. The zero-order valence-corrected chi connectivity index (χ0v) is 15.2. The van der Waals surface area contributed by atoms with Crippen LogP contribution in [-0.4, -0.2) is 25.5 Å². The van der Waals surface area contributed by atoms with E-state index in [0.717, 1.165) is 33.6 Å². The van der Waals surface area contributed by atoms with Crippen molar-refractivity contribution in [3.63, 3.8) is 0 Å². The third-order valence-corrected chi connectivity index (χ3v) is 5.08. The molecular formula is C17H14Cl2N4S. The molecule has 122 valence electrons. The predicted octanol–water partition coefficient (Wildman–Crippen LogP) is 5.30. The first kappa shape index (κ1) is 17.0. The Morgan fingerprint density at radius 2 is 1.88 bits per heavy atom. The van der Waals surface area contributed by atoms with Gasteiger partial charge in [0.2, 0.25) is 0 Å². The lowest BCUT2D eigenvalue weighted by atomic mass is 10.2. The fourth-order valence-corrected chi connectivity index (χ4v) is 3.18. The van der Waals surface area contributed by atoms with Gasteiger partial charge >= 0.3 is 0 Å². The van der Waals surface area contributed by atoms with Crippen molar-refractivity contribution < 1.29 is 0 Å². The van der Waals surface area contributed by atoms with Crippen LogP contribution in [-0.2, 0) is 0 Å². The second-order valence-corrected chi connectivity index (χ2v) is 6.98. The Morgan fingerprint density at radius 1 is 1.12 bits per heavy atom. The number of thioether (sulfide) groups is 1. The molecule has 0 aliphatic carbocycles. The monoisotopic (exact) mass is 376 g/mol. The number of nitrogens with zero attached hydrogens (tertiary/aromatic N) is 4. The lowest BCUT2D eigenvalue weighted by Crippen LogP contribution is -2.00. The van der Waals surface area contributed by atoms with Crippen LogP contribution in [0.1, 0.15) is 6.92 Å². The number of halogens is 2. The molecule has 0 bridgehead atoms. The molecule has 0 unspecified atom stereocenters. The maximum absolute atomic E-state index is 6.19. The van der Waals surface area contributed by atoms with Gasteiger partial charge in [-0.3, -0.25) is 9.55 Å². The topological polar surface area (TPSA) is 43.6 Å². The van der Waals surface area contributed by atoms with Gasteiger partial charge in [0.25, 0.3) is 0 Å². The van der Waals surface area contributed by atoms with Gasteiger partial charge in [-0.1, -0.05) is 47.1 Å². The van der Waals surface area contributed by atoms with Crippen molar-refractivity contribution in [2.45, 2.75) is 12.1 Å². The van der Waals surface area contributed by atoms with E-state index < -0.39 is 0 Å². The van der Waals surface area contributed by atoms with Crippen molar-refractivity contribution in [3.8, 4) is 17.1 Å². The van der Waals surface area contributed by atoms with Gasteiger partial charge in [-0.2, -0.15) is 0 Å². The molecular weight excluding hydrogens is 363 g/mol. The number of hydrogen-bond donors (Lipinski definition) is 0. The molecule has 0 radical (unpaired) electrons. The zero-order chi connectivity index (χ0) is 17.1. The Balaban J connectivity index is 2.13. The van der Waals surface area contributed by atoms with Crippen molar-refractivity contribution in [2.24, 2.45) is 0 Å². The number of aromatic nitrogens is 4. The number of hydrogen-bond acceptors (Lipinski definition) is 4. The largest absolute Gasteiger partial charge is 0.270 e. The lowest BCUT2D eigenvalue weighted by molar-refractivity contribution is 0.887. The van der Waals surface area contributed by atoms with Crippen molar-refractivity contribution in [2.75, 3.05) is 5.75 Å². The van der Waals surface area contributed by atoms with Gasteiger partial charge in [-0.25, -0.2) is 0 Å². The van der Waals surface area contributed by atoms with Gasteiger partial charge < -0.3 is 0 Å². The Morgan fingerprint density at radius 3 is 2.54 bits per heavy atom. The quantitative estimate of drug-likeness (QED) is 0.447. The smallest absolute Gasteiger partial charge is 0.196 e. The van der Waals surface area contributed by atoms with Crippen molar-refractivity contribution >= 4 is 35.0 Å². The first-order valence-electron chi connectivity index (χ1n) is 7.14. The maximum Gasteiger partial charge on any atom is 0.196 e. The fraction of sp³-hybridized carbons (Fsp3) is 0.118.